The van der Waals surface area contributed by atoms with Gasteiger partial charge in [0.2, 0.25) is 0 Å². The van der Waals surface area contributed by atoms with Crippen molar-refractivity contribution >= 4 is 5.97 Å². The summed E-state index contributed by atoms with van der Waals surface area (Å²) in [5.74, 6) is 4.52. The summed E-state index contributed by atoms with van der Waals surface area (Å²) in [5, 5.41) is 0. The fourth-order valence-corrected chi connectivity index (χ4v) is 1.24. The van der Waals surface area contributed by atoms with E-state index in [2.05, 4.69) is 37.4 Å². The van der Waals surface area contributed by atoms with Gasteiger partial charge in [0, 0.05) is 12.6 Å². The summed E-state index contributed by atoms with van der Waals surface area (Å²) in [6.45, 7) is 9.33. The van der Waals surface area contributed by atoms with Gasteiger partial charge in [-0.15, -0.1) is 0 Å². The van der Waals surface area contributed by atoms with Gasteiger partial charge in [-0.2, -0.15) is 0 Å². The third-order valence-corrected chi connectivity index (χ3v) is 2.76. The average Bonchev–Trinajstić information content (AvgIpc) is 2.12. The van der Waals surface area contributed by atoms with Gasteiger partial charge in [-0.25, -0.2) is 5.84 Å². The van der Waals surface area contributed by atoms with Crippen LogP contribution in [0.15, 0.2) is 0 Å². The first-order valence-electron chi connectivity index (χ1n) is 5.14. The minimum atomic E-state index is -0.342. The molecule has 1 atom stereocenters. The number of hydrazine groups is 1. The molecule has 0 saturated carbocycles. The highest BCUT2D eigenvalue weighted by atomic mass is 16.7. The maximum absolute atomic E-state index is 11.0. The van der Waals surface area contributed by atoms with Gasteiger partial charge >= 0.3 is 5.97 Å². The largest absolute Gasteiger partial charge is 0.356 e. The second kappa shape index (κ2) is 6.05. The third kappa shape index (κ3) is 5.71. The van der Waals surface area contributed by atoms with Crippen molar-refractivity contribution in [1.82, 2.24) is 10.5 Å². The van der Waals surface area contributed by atoms with Gasteiger partial charge in [-0.3, -0.25) is 4.79 Å². The zero-order valence-electron chi connectivity index (χ0n) is 10.3. The van der Waals surface area contributed by atoms with Gasteiger partial charge in [0.15, 0.2) is 0 Å². The Bertz CT molecular complexity index is 201. The summed E-state index contributed by atoms with van der Waals surface area (Å²) in [5.41, 5.74) is 2.08. The number of nitrogens with two attached hydrogens (primary N) is 1. The molecule has 0 aliphatic carbocycles. The number of nitrogens with zero attached hydrogens (tertiary/aromatic N) is 1. The summed E-state index contributed by atoms with van der Waals surface area (Å²) in [6.07, 6.45) is 0.334. The van der Waals surface area contributed by atoms with Crippen LogP contribution in [0.3, 0.4) is 0 Å². The number of nitrogens with one attached hydrogen (secondary N) is 1. The third-order valence-electron chi connectivity index (χ3n) is 2.76. The Kier molecular flexibility index (Phi) is 5.79. The topological polar surface area (TPSA) is 67.6 Å². The normalized spacial score (nSPS) is 14.1. The van der Waals surface area contributed by atoms with Crippen LogP contribution in [0.2, 0.25) is 0 Å². The molecule has 90 valence electrons. The summed E-state index contributed by atoms with van der Waals surface area (Å²) < 4.78 is 0. The van der Waals surface area contributed by atoms with E-state index in [0.29, 0.717) is 19.0 Å². The van der Waals surface area contributed by atoms with Crippen molar-refractivity contribution in [2.45, 2.75) is 40.2 Å². The minimum Gasteiger partial charge on any atom is -0.356 e. The molecule has 0 saturated heterocycles. The van der Waals surface area contributed by atoms with Crippen LogP contribution in [0.4, 0.5) is 0 Å². The van der Waals surface area contributed by atoms with Gasteiger partial charge in [0.05, 0.1) is 6.42 Å². The molecule has 0 aliphatic rings. The molecule has 0 rings (SSSR count). The molecule has 0 amide bonds. The zero-order chi connectivity index (χ0) is 12.1. The predicted octanol–water partition coefficient (Wildman–Crippen LogP) is 0.664. The predicted molar refractivity (Wildman–Crippen MR) is 59.6 cm³/mol. The van der Waals surface area contributed by atoms with Gasteiger partial charge in [-0.05, 0) is 19.4 Å². The summed E-state index contributed by atoms with van der Waals surface area (Å²) in [7, 11) is 2.00. The molecule has 0 bridgehead atoms. The maximum atomic E-state index is 11.0. The lowest BCUT2D eigenvalue weighted by Gasteiger charge is -2.35. The molecular weight excluding hydrogens is 194 g/mol. The highest BCUT2D eigenvalue weighted by Crippen LogP contribution is 2.22. The first kappa shape index (κ1) is 14.3. The maximum Gasteiger partial charge on any atom is 0.327 e. The first-order chi connectivity index (χ1) is 6.79. The van der Waals surface area contributed by atoms with E-state index >= 15 is 0 Å². The smallest absolute Gasteiger partial charge is 0.327 e. The Morgan fingerprint density at radius 2 is 2.07 bits per heavy atom. The van der Waals surface area contributed by atoms with E-state index in [1.54, 1.807) is 0 Å². The van der Waals surface area contributed by atoms with Crippen molar-refractivity contribution in [3.63, 3.8) is 0 Å². The summed E-state index contributed by atoms with van der Waals surface area (Å²) in [6, 6.07) is 0.399. The molecule has 3 N–H and O–H groups in total. The average molecular weight is 217 g/mol. The van der Waals surface area contributed by atoms with Crippen molar-refractivity contribution in [2.75, 3.05) is 13.6 Å². The van der Waals surface area contributed by atoms with Gasteiger partial charge in [0.25, 0.3) is 0 Å². The number of carbonyl (C=O) groups excluding carboxylic acids is 1. The van der Waals surface area contributed by atoms with E-state index in [0.717, 1.165) is 0 Å². The SMILES string of the molecule is CC(N(C)CCC(=O)ONN)C(C)(C)C. The van der Waals surface area contributed by atoms with Crippen molar-refractivity contribution in [2.24, 2.45) is 11.3 Å². The Labute approximate surface area is 91.9 Å². The van der Waals surface area contributed by atoms with Gasteiger partial charge in [-0.1, -0.05) is 26.4 Å². The second-order valence-electron chi connectivity index (χ2n) is 4.86. The Balaban J connectivity index is 3.93. The van der Waals surface area contributed by atoms with Crippen LogP contribution >= 0.6 is 0 Å². The van der Waals surface area contributed by atoms with Crippen molar-refractivity contribution in [1.29, 1.82) is 0 Å². The highest BCUT2D eigenvalue weighted by Gasteiger charge is 2.23. The lowest BCUT2D eigenvalue weighted by molar-refractivity contribution is -0.151. The summed E-state index contributed by atoms with van der Waals surface area (Å²) in [4.78, 5) is 17.6. The van der Waals surface area contributed by atoms with Crippen LogP contribution in [-0.4, -0.2) is 30.5 Å². The van der Waals surface area contributed by atoms with Crippen LogP contribution in [0.5, 0.6) is 0 Å². The van der Waals surface area contributed by atoms with Crippen molar-refractivity contribution in [3.8, 4) is 0 Å². The van der Waals surface area contributed by atoms with Crippen LogP contribution in [0, 0.1) is 5.41 Å². The molecule has 1 unspecified atom stereocenters. The van der Waals surface area contributed by atoms with E-state index in [-0.39, 0.29) is 11.4 Å². The number of rotatable bonds is 5. The lowest BCUT2D eigenvalue weighted by Crippen LogP contribution is -2.40. The molecule has 0 aromatic rings. The Hall–Kier alpha value is -0.650. The molecule has 0 aliphatic heterocycles. The van der Waals surface area contributed by atoms with E-state index in [1.807, 2.05) is 12.6 Å². The van der Waals surface area contributed by atoms with Gasteiger partial charge in [0.1, 0.15) is 0 Å². The minimum absolute atomic E-state index is 0.199. The second-order valence-corrected chi connectivity index (χ2v) is 4.86. The van der Waals surface area contributed by atoms with Crippen LogP contribution in [-0.2, 0) is 9.63 Å². The Morgan fingerprint density at radius 1 is 1.53 bits per heavy atom. The first-order valence-corrected chi connectivity index (χ1v) is 5.14. The van der Waals surface area contributed by atoms with Crippen LogP contribution in [0.1, 0.15) is 34.1 Å². The molecular formula is C10H23N3O2. The standard InChI is InChI=1S/C10H23N3O2/c1-8(10(2,3)4)13(5)7-6-9(14)15-12-11/h8,12H,6-7,11H2,1-5H3. The molecule has 0 spiro atoms. The van der Waals surface area contributed by atoms with E-state index in [1.165, 1.54) is 0 Å². The highest BCUT2D eigenvalue weighted by molar-refractivity contribution is 5.69. The van der Waals surface area contributed by atoms with Crippen LogP contribution < -0.4 is 11.4 Å². The Morgan fingerprint density at radius 3 is 2.47 bits per heavy atom. The molecule has 0 aromatic carbocycles. The van der Waals surface area contributed by atoms with Crippen LogP contribution in [0.25, 0.3) is 0 Å². The fourth-order valence-electron chi connectivity index (χ4n) is 1.24. The molecule has 0 aromatic heterocycles. The van der Waals surface area contributed by atoms with E-state index in [9.17, 15) is 4.79 Å². The molecule has 5 nitrogen and oxygen atoms in total. The number of hydrogen-bond donors (Lipinski definition) is 2. The van der Waals surface area contributed by atoms with E-state index in [4.69, 9.17) is 5.84 Å². The zero-order valence-corrected chi connectivity index (χ0v) is 10.3. The lowest BCUT2D eigenvalue weighted by atomic mass is 9.87. The molecule has 0 radical (unpaired) electrons. The summed E-state index contributed by atoms with van der Waals surface area (Å²) >= 11 is 0. The van der Waals surface area contributed by atoms with Gasteiger partial charge < -0.3 is 9.74 Å². The fraction of sp³-hybridized carbons (Fsp3) is 0.900. The van der Waals surface area contributed by atoms with Crippen molar-refractivity contribution in [3.05, 3.63) is 0 Å². The van der Waals surface area contributed by atoms with Crippen molar-refractivity contribution < 1.29 is 9.63 Å². The molecule has 0 heterocycles. The quantitative estimate of drug-likeness (QED) is 0.523. The number of hydrogen-bond acceptors (Lipinski definition) is 5. The molecule has 0 fully saturated rings. The monoisotopic (exact) mass is 217 g/mol. The number of carbonyl (C=O) groups is 1. The van der Waals surface area contributed by atoms with E-state index < -0.39 is 0 Å². The molecule has 15 heavy (non-hydrogen) atoms. The molecule has 5 heteroatoms.